The number of ketones is 1. The Kier molecular flexibility index (Phi) is 6.64. The number of furan rings is 1. The lowest BCUT2D eigenvalue weighted by Gasteiger charge is -2.10. The van der Waals surface area contributed by atoms with Crippen LogP contribution in [-0.4, -0.2) is 34.6 Å². The van der Waals surface area contributed by atoms with Crippen LogP contribution < -0.4 is 14.2 Å². The minimum Gasteiger partial charge on any atom is -0.496 e. The molecule has 0 atom stereocenters. The lowest BCUT2D eigenvalue weighted by Crippen LogP contribution is -2.05. The zero-order chi connectivity index (χ0) is 27.8. The molecule has 3 aromatic heterocycles. The molecule has 0 amide bonds. The molecule has 0 N–H and O–H groups in total. The van der Waals surface area contributed by atoms with Gasteiger partial charge in [0.05, 0.1) is 25.8 Å². The van der Waals surface area contributed by atoms with Gasteiger partial charge in [0.1, 0.15) is 29.4 Å². The Morgan fingerprint density at radius 1 is 1.00 bits per heavy atom. The number of Topliss-reactive ketones (excluding diaryl/α,β-unsaturated/α-hetero) is 1. The van der Waals surface area contributed by atoms with Gasteiger partial charge in [-0.25, -0.2) is 18.3 Å². The van der Waals surface area contributed by atoms with Gasteiger partial charge in [-0.3, -0.25) is 4.79 Å². The second kappa shape index (κ2) is 10.4. The van der Waals surface area contributed by atoms with Gasteiger partial charge in [0.2, 0.25) is 4.96 Å². The van der Waals surface area contributed by atoms with Gasteiger partial charge in [0.15, 0.2) is 23.2 Å². The van der Waals surface area contributed by atoms with E-state index in [9.17, 15) is 13.6 Å². The van der Waals surface area contributed by atoms with Crippen LogP contribution >= 0.6 is 11.3 Å². The summed E-state index contributed by atoms with van der Waals surface area (Å²) in [6, 6.07) is 15.9. The first-order chi connectivity index (χ1) is 19.4. The van der Waals surface area contributed by atoms with Gasteiger partial charge in [0, 0.05) is 24.1 Å². The van der Waals surface area contributed by atoms with E-state index in [1.165, 1.54) is 17.4 Å². The Bertz CT molecular complexity index is 1850. The number of imidazole rings is 1. The van der Waals surface area contributed by atoms with Crippen molar-refractivity contribution in [1.82, 2.24) is 14.6 Å². The zero-order valence-electron chi connectivity index (χ0n) is 21.3. The first-order valence-electron chi connectivity index (χ1n) is 12.1. The lowest BCUT2D eigenvalue weighted by molar-refractivity contribution is 0.0992. The second-order valence-corrected chi connectivity index (χ2v) is 9.83. The molecular weight excluding hydrogens is 540 g/mol. The van der Waals surface area contributed by atoms with Crippen molar-refractivity contribution in [3.63, 3.8) is 0 Å². The molecule has 0 bridgehead atoms. The number of hydrogen-bond donors (Lipinski definition) is 0. The van der Waals surface area contributed by atoms with Crippen molar-refractivity contribution in [2.75, 3.05) is 14.2 Å². The van der Waals surface area contributed by atoms with Gasteiger partial charge in [-0.2, -0.15) is 0 Å². The molecule has 0 spiro atoms. The summed E-state index contributed by atoms with van der Waals surface area (Å²) in [4.78, 5) is 17.9. The molecular formula is C29H21F2N3O5S. The number of carbonyl (C=O) groups is 1. The normalized spacial score (nSPS) is 11.3. The third-order valence-corrected chi connectivity index (χ3v) is 7.14. The van der Waals surface area contributed by atoms with Gasteiger partial charge in [-0.05, 0) is 46.7 Å². The smallest absolute Gasteiger partial charge is 0.294 e. The van der Waals surface area contributed by atoms with Crippen LogP contribution in [0.4, 0.5) is 8.78 Å². The molecule has 6 rings (SSSR count). The predicted molar refractivity (Wildman–Crippen MR) is 144 cm³/mol. The van der Waals surface area contributed by atoms with Crippen molar-refractivity contribution in [2.45, 2.75) is 13.0 Å². The monoisotopic (exact) mass is 561 g/mol. The Labute approximate surface area is 230 Å². The Hall–Kier alpha value is -4.77. The first-order valence-corrected chi connectivity index (χ1v) is 12.9. The summed E-state index contributed by atoms with van der Waals surface area (Å²) in [6.45, 7) is 0.208. The number of carbonyl (C=O) groups excluding carboxylic acids is 1. The largest absolute Gasteiger partial charge is 0.496 e. The number of rotatable bonds is 9. The highest BCUT2D eigenvalue weighted by Crippen LogP contribution is 2.37. The number of hydrogen-bond acceptors (Lipinski definition) is 8. The first kappa shape index (κ1) is 25.5. The van der Waals surface area contributed by atoms with E-state index in [0.29, 0.717) is 38.7 Å². The fourth-order valence-corrected chi connectivity index (χ4v) is 4.98. The van der Waals surface area contributed by atoms with Crippen molar-refractivity contribution in [1.29, 1.82) is 0 Å². The summed E-state index contributed by atoms with van der Waals surface area (Å²) in [5.74, 6) is -0.702. The fourth-order valence-electron chi connectivity index (χ4n) is 4.28. The number of ether oxygens (including phenoxy) is 3. The average molecular weight is 562 g/mol. The molecule has 0 aliphatic rings. The van der Waals surface area contributed by atoms with Crippen molar-refractivity contribution in [3.05, 3.63) is 95.2 Å². The van der Waals surface area contributed by atoms with Gasteiger partial charge in [0.25, 0.3) is 5.19 Å². The Morgan fingerprint density at radius 3 is 2.62 bits per heavy atom. The molecule has 3 aromatic carbocycles. The predicted octanol–water partition coefficient (Wildman–Crippen LogP) is 6.50. The standard InChI is InChI=1S/C29H21F2N3O5S/c1-36-19-11-25(20-13-27(39-26(20)12-19)23-14-34-28(32-23)40-29(33-34)37-2)38-15-17-5-3-4-16(8-17)9-24(35)18-6-7-21(30)22(31)10-18/h3-8,10-14H,9,15H2,1-2H3. The molecule has 0 aliphatic heterocycles. The van der Waals surface area contributed by atoms with Gasteiger partial charge >= 0.3 is 0 Å². The van der Waals surface area contributed by atoms with Crippen LogP contribution in [0.15, 0.2) is 71.3 Å². The number of benzene rings is 3. The van der Waals surface area contributed by atoms with Crippen LogP contribution in [0.2, 0.25) is 0 Å². The zero-order valence-corrected chi connectivity index (χ0v) is 22.1. The molecule has 202 valence electrons. The molecule has 3 heterocycles. The molecule has 0 aliphatic carbocycles. The van der Waals surface area contributed by atoms with Gasteiger partial charge < -0.3 is 18.6 Å². The molecule has 0 saturated heterocycles. The van der Waals surface area contributed by atoms with Crippen LogP contribution in [0.1, 0.15) is 21.5 Å². The molecule has 0 saturated carbocycles. The van der Waals surface area contributed by atoms with Crippen molar-refractivity contribution < 1.29 is 32.2 Å². The number of nitrogens with zero attached hydrogens (tertiary/aromatic N) is 3. The van der Waals surface area contributed by atoms with E-state index < -0.39 is 11.6 Å². The molecule has 8 nitrogen and oxygen atoms in total. The van der Waals surface area contributed by atoms with E-state index in [-0.39, 0.29) is 24.4 Å². The lowest BCUT2D eigenvalue weighted by atomic mass is 10.0. The highest BCUT2D eigenvalue weighted by atomic mass is 32.1. The highest BCUT2D eigenvalue weighted by molar-refractivity contribution is 7.18. The number of halogens is 2. The fraction of sp³-hybridized carbons (Fsp3) is 0.138. The molecule has 6 aromatic rings. The van der Waals surface area contributed by atoms with Crippen molar-refractivity contribution >= 4 is 33.1 Å². The third-order valence-electron chi connectivity index (χ3n) is 6.25. The summed E-state index contributed by atoms with van der Waals surface area (Å²) >= 11 is 1.32. The summed E-state index contributed by atoms with van der Waals surface area (Å²) in [5.41, 5.74) is 2.84. The summed E-state index contributed by atoms with van der Waals surface area (Å²) in [6.07, 6.45) is 1.80. The minimum atomic E-state index is -1.05. The summed E-state index contributed by atoms with van der Waals surface area (Å²) in [7, 11) is 3.12. The van der Waals surface area contributed by atoms with E-state index in [1.807, 2.05) is 24.3 Å². The van der Waals surface area contributed by atoms with Crippen LogP contribution in [0.5, 0.6) is 16.7 Å². The average Bonchev–Trinajstić information content (AvgIpc) is 3.66. The maximum absolute atomic E-state index is 13.6. The topological polar surface area (TPSA) is 88.1 Å². The maximum atomic E-state index is 13.6. The van der Waals surface area contributed by atoms with Crippen LogP contribution in [0.3, 0.4) is 0 Å². The van der Waals surface area contributed by atoms with E-state index >= 15 is 0 Å². The number of aromatic nitrogens is 3. The molecule has 0 fully saturated rings. The SMILES string of the molecule is COc1cc(OCc2cccc(CC(=O)c3ccc(F)c(F)c3)c2)c2cc(-c3cn4nc(OC)sc4n3)oc2c1. The van der Waals surface area contributed by atoms with Crippen molar-refractivity contribution in [2.24, 2.45) is 0 Å². The molecule has 40 heavy (non-hydrogen) atoms. The number of methoxy groups -OCH3 is 2. The third kappa shape index (κ3) is 4.98. The maximum Gasteiger partial charge on any atom is 0.294 e. The molecule has 11 heteroatoms. The van der Waals surface area contributed by atoms with E-state index in [2.05, 4.69) is 10.1 Å². The van der Waals surface area contributed by atoms with Gasteiger partial charge in [-0.1, -0.05) is 24.3 Å². The summed E-state index contributed by atoms with van der Waals surface area (Å²) < 4.78 is 51.3. The van der Waals surface area contributed by atoms with E-state index in [4.69, 9.17) is 18.6 Å². The van der Waals surface area contributed by atoms with E-state index in [1.54, 1.807) is 43.1 Å². The molecule has 0 unspecified atom stereocenters. The van der Waals surface area contributed by atoms with Crippen LogP contribution in [-0.2, 0) is 13.0 Å². The summed E-state index contributed by atoms with van der Waals surface area (Å²) in [5, 5.41) is 5.55. The van der Waals surface area contributed by atoms with E-state index in [0.717, 1.165) is 28.6 Å². The van der Waals surface area contributed by atoms with Crippen LogP contribution in [0, 0.1) is 11.6 Å². The molecule has 0 radical (unpaired) electrons. The minimum absolute atomic E-state index is 0.0379. The highest BCUT2D eigenvalue weighted by Gasteiger charge is 2.17. The quantitative estimate of drug-likeness (QED) is 0.186. The van der Waals surface area contributed by atoms with Gasteiger partial charge in [-0.15, -0.1) is 5.10 Å². The van der Waals surface area contributed by atoms with Crippen LogP contribution in [0.25, 0.3) is 27.4 Å². The van der Waals surface area contributed by atoms with Crippen molar-refractivity contribution in [3.8, 4) is 28.1 Å². The second-order valence-electron chi connectivity index (χ2n) is 8.91. The Morgan fingerprint density at radius 2 is 1.85 bits per heavy atom. The number of fused-ring (bicyclic) bond motifs is 2. The Balaban J connectivity index is 1.22.